The molecule has 0 saturated carbocycles. The normalized spacial score (nSPS) is 11.8. The van der Waals surface area contributed by atoms with Crippen molar-refractivity contribution in [2.75, 3.05) is 0 Å². The molecule has 3 heterocycles. The van der Waals surface area contributed by atoms with Gasteiger partial charge in [-0.1, -0.05) is 146 Å². The Kier molecular flexibility index (Phi) is 7.16. The largest absolute Gasteiger partial charge is 0.454 e. The zero-order valence-corrected chi connectivity index (χ0v) is 31.2. The fourth-order valence-electron chi connectivity index (χ4n) is 8.58. The Bertz CT molecular complexity index is 3580. The van der Waals surface area contributed by atoms with E-state index < -0.39 is 0 Å². The first-order valence-corrected chi connectivity index (χ1v) is 19.5. The van der Waals surface area contributed by atoms with Gasteiger partial charge in [-0.3, -0.25) is 0 Å². The number of aromatic nitrogens is 4. The third kappa shape index (κ3) is 5.21. The maximum Gasteiger partial charge on any atom is 0.164 e. The molecular weight excluding hydrogens is 709 g/mol. The molecule has 5 heteroatoms. The first-order valence-electron chi connectivity index (χ1n) is 19.5. The summed E-state index contributed by atoms with van der Waals surface area (Å²) in [5.74, 6) is 1.80. The van der Waals surface area contributed by atoms with Crippen LogP contribution >= 0.6 is 0 Å². The SMILES string of the molecule is c1ccc(-c2cccc(-c3nc(-c4ccc5ccccc5c4)nc(-c4cc(-n5c6ccccc6c6cc7ccccc7cc65)c5oc6ccccc6c5c4)n3)c2)cc1. The van der Waals surface area contributed by atoms with Gasteiger partial charge in [0, 0.05) is 38.2 Å². The van der Waals surface area contributed by atoms with E-state index in [2.05, 4.69) is 180 Å². The van der Waals surface area contributed by atoms with Gasteiger partial charge in [-0.05, 0) is 81.2 Å². The minimum absolute atomic E-state index is 0.581. The van der Waals surface area contributed by atoms with Crippen molar-refractivity contribution in [2.45, 2.75) is 0 Å². The molecule has 0 N–H and O–H groups in total. The van der Waals surface area contributed by atoms with Gasteiger partial charge >= 0.3 is 0 Å². The van der Waals surface area contributed by atoms with Crippen molar-refractivity contribution in [3.63, 3.8) is 0 Å². The first kappa shape index (κ1) is 32.4. The van der Waals surface area contributed by atoms with E-state index in [1.807, 2.05) is 18.2 Å². The predicted molar refractivity (Wildman–Crippen MR) is 238 cm³/mol. The van der Waals surface area contributed by atoms with Crippen LogP contribution < -0.4 is 0 Å². The van der Waals surface area contributed by atoms with Crippen molar-refractivity contribution < 1.29 is 4.42 Å². The molecule has 0 fully saturated rings. The highest BCUT2D eigenvalue weighted by Gasteiger charge is 2.22. The van der Waals surface area contributed by atoms with Gasteiger partial charge in [0.05, 0.1) is 16.7 Å². The highest BCUT2D eigenvalue weighted by Crippen LogP contribution is 2.42. The standard InChI is InChI=1S/C53H32N4O/c1-2-13-33(14-3-1)36-19-12-20-39(27-36)51-54-52(40-26-25-34-15-4-5-16-35(34)28-40)56-53(55-51)41-30-45-43-22-9-11-24-49(43)58-50(45)48(32-41)57-46-23-10-8-21-42(46)44-29-37-17-6-7-18-38(37)31-47(44)57/h1-32H. The summed E-state index contributed by atoms with van der Waals surface area (Å²) in [5.41, 5.74) is 9.68. The van der Waals surface area contributed by atoms with Crippen LogP contribution in [0.25, 0.3) is 116 Å². The molecule has 0 radical (unpaired) electrons. The molecule has 12 rings (SSSR count). The quantitative estimate of drug-likeness (QED) is 0.176. The van der Waals surface area contributed by atoms with Crippen molar-refractivity contribution in [3.8, 4) is 51.0 Å². The van der Waals surface area contributed by atoms with E-state index in [0.717, 1.165) is 77.2 Å². The van der Waals surface area contributed by atoms with Crippen LogP contribution in [-0.2, 0) is 0 Å². The number of fused-ring (bicyclic) bond motifs is 8. The molecule has 0 unspecified atom stereocenters. The lowest BCUT2D eigenvalue weighted by molar-refractivity contribution is 0.666. The van der Waals surface area contributed by atoms with Crippen LogP contribution in [0, 0.1) is 0 Å². The van der Waals surface area contributed by atoms with Crippen molar-refractivity contribution >= 4 is 65.3 Å². The average Bonchev–Trinajstić information content (AvgIpc) is 3.83. The molecule has 0 saturated heterocycles. The topological polar surface area (TPSA) is 56.7 Å². The number of nitrogens with zero attached hydrogens (tertiary/aromatic N) is 4. The Hall–Kier alpha value is -7.89. The fourth-order valence-corrected chi connectivity index (χ4v) is 8.58. The third-order valence-electron chi connectivity index (χ3n) is 11.4. The summed E-state index contributed by atoms with van der Waals surface area (Å²) in [5, 5.41) is 9.06. The predicted octanol–water partition coefficient (Wildman–Crippen LogP) is 13.8. The van der Waals surface area contributed by atoms with Crippen molar-refractivity contribution in [1.29, 1.82) is 0 Å². The summed E-state index contributed by atoms with van der Waals surface area (Å²) in [6.07, 6.45) is 0. The monoisotopic (exact) mass is 740 g/mol. The number of para-hydroxylation sites is 2. The Morgan fingerprint density at radius 3 is 1.74 bits per heavy atom. The van der Waals surface area contributed by atoms with Crippen molar-refractivity contribution in [3.05, 3.63) is 194 Å². The lowest BCUT2D eigenvalue weighted by atomic mass is 10.0. The second kappa shape index (κ2) is 12.8. The molecule has 0 spiro atoms. The van der Waals surface area contributed by atoms with Gasteiger partial charge in [-0.15, -0.1) is 0 Å². The first-order chi connectivity index (χ1) is 28.7. The highest BCUT2D eigenvalue weighted by atomic mass is 16.3. The zero-order valence-electron chi connectivity index (χ0n) is 31.2. The van der Waals surface area contributed by atoms with Gasteiger partial charge in [-0.2, -0.15) is 0 Å². The molecule has 5 nitrogen and oxygen atoms in total. The number of furan rings is 1. The van der Waals surface area contributed by atoms with Crippen LogP contribution in [-0.4, -0.2) is 19.5 Å². The number of benzene rings is 9. The molecular formula is C53H32N4O. The Balaban J connectivity index is 1.15. The van der Waals surface area contributed by atoms with Gasteiger partial charge in [0.2, 0.25) is 0 Å². The van der Waals surface area contributed by atoms with Crippen LogP contribution in [0.3, 0.4) is 0 Å². The summed E-state index contributed by atoms with van der Waals surface area (Å²) < 4.78 is 9.14. The van der Waals surface area contributed by atoms with Gasteiger partial charge in [0.15, 0.2) is 23.1 Å². The number of rotatable bonds is 5. The van der Waals surface area contributed by atoms with Crippen LogP contribution in [0.1, 0.15) is 0 Å². The maximum atomic E-state index is 6.79. The number of hydrogen-bond acceptors (Lipinski definition) is 4. The summed E-state index contributed by atoms with van der Waals surface area (Å²) in [6.45, 7) is 0. The van der Waals surface area contributed by atoms with E-state index in [1.54, 1.807) is 0 Å². The third-order valence-corrected chi connectivity index (χ3v) is 11.4. The lowest BCUT2D eigenvalue weighted by Gasteiger charge is -2.13. The molecule has 0 aliphatic carbocycles. The molecule has 0 aliphatic heterocycles. The Morgan fingerprint density at radius 2 is 0.931 bits per heavy atom. The van der Waals surface area contributed by atoms with Crippen molar-refractivity contribution in [2.24, 2.45) is 0 Å². The highest BCUT2D eigenvalue weighted by molar-refractivity contribution is 6.16. The molecule has 0 bridgehead atoms. The van der Waals surface area contributed by atoms with E-state index >= 15 is 0 Å². The molecule has 0 amide bonds. The Labute approximate surface area is 333 Å². The maximum absolute atomic E-state index is 6.79. The molecule has 270 valence electrons. The second-order valence-electron chi connectivity index (χ2n) is 14.9. The van der Waals surface area contributed by atoms with E-state index in [1.165, 1.54) is 21.5 Å². The van der Waals surface area contributed by atoms with Crippen LogP contribution in [0.4, 0.5) is 0 Å². The van der Waals surface area contributed by atoms with Gasteiger partial charge in [0.25, 0.3) is 0 Å². The molecule has 9 aromatic carbocycles. The van der Waals surface area contributed by atoms with E-state index in [0.29, 0.717) is 17.5 Å². The van der Waals surface area contributed by atoms with Crippen LogP contribution in [0.5, 0.6) is 0 Å². The molecule has 3 aromatic heterocycles. The van der Waals surface area contributed by atoms with Gasteiger partial charge in [-0.25, -0.2) is 15.0 Å². The molecule has 0 atom stereocenters. The van der Waals surface area contributed by atoms with E-state index in [4.69, 9.17) is 19.4 Å². The molecule has 58 heavy (non-hydrogen) atoms. The molecule has 12 aromatic rings. The number of hydrogen-bond donors (Lipinski definition) is 0. The zero-order chi connectivity index (χ0) is 38.2. The van der Waals surface area contributed by atoms with Crippen LogP contribution in [0.15, 0.2) is 199 Å². The van der Waals surface area contributed by atoms with Gasteiger partial charge in [0.1, 0.15) is 5.58 Å². The minimum atomic E-state index is 0.581. The fraction of sp³-hybridized carbons (Fsp3) is 0. The minimum Gasteiger partial charge on any atom is -0.454 e. The summed E-state index contributed by atoms with van der Waals surface area (Å²) in [4.78, 5) is 15.8. The van der Waals surface area contributed by atoms with E-state index in [-0.39, 0.29) is 0 Å². The summed E-state index contributed by atoms with van der Waals surface area (Å²) >= 11 is 0. The van der Waals surface area contributed by atoms with Crippen LogP contribution in [0.2, 0.25) is 0 Å². The Morgan fingerprint density at radius 1 is 0.328 bits per heavy atom. The summed E-state index contributed by atoms with van der Waals surface area (Å²) in [7, 11) is 0. The lowest BCUT2D eigenvalue weighted by Crippen LogP contribution is -2.02. The average molecular weight is 741 g/mol. The van der Waals surface area contributed by atoms with E-state index in [9.17, 15) is 0 Å². The molecule has 0 aliphatic rings. The summed E-state index contributed by atoms with van der Waals surface area (Å²) in [6, 6.07) is 68.1. The van der Waals surface area contributed by atoms with Crippen molar-refractivity contribution in [1.82, 2.24) is 19.5 Å². The smallest absolute Gasteiger partial charge is 0.164 e. The second-order valence-corrected chi connectivity index (χ2v) is 14.9. The van der Waals surface area contributed by atoms with Gasteiger partial charge < -0.3 is 8.98 Å².